The number of hydrogen-bond donors (Lipinski definition) is 1. The molecule has 0 saturated carbocycles. The fourth-order valence-corrected chi connectivity index (χ4v) is 4.57. The number of unbranched alkanes of at least 4 members (excludes halogenated alkanes) is 2. The largest absolute Gasteiger partial charge is 0.353 e. The first kappa shape index (κ1) is 16.4. The first-order valence-electron chi connectivity index (χ1n) is 8.92. The molecule has 1 aliphatic rings. The van der Waals surface area contributed by atoms with Crippen LogP contribution in [0.2, 0.25) is 0 Å². The maximum atomic E-state index is 3.67. The Morgan fingerprint density at radius 2 is 1.83 bits per heavy atom. The van der Waals surface area contributed by atoms with Crippen LogP contribution in [-0.2, 0) is 0 Å². The molecule has 2 aromatic rings. The average molecular weight is 326 g/mol. The monoisotopic (exact) mass is 325 g/mol. The number of benzene rings is 2. The summed E-state index contributed by atoms with van der Waals surface area (Å²) in [6, 6.07) is 13.3. The van der Waals surface area contributed by atoms with Gasteiger partial charge in [-0.2, -0.15) is 0 Å². The average Bonchev–Trinajstić information content (AvgIpc) is 2.58. The SMILES string of the molecule is CCCCCC(CC)c1ccc2c(c1C)Nc1ccccc1S2. The molecule has 0 amide bonds. The third kappa shape index (κ3) is 3.42. The molecule has 0 radical (unpaired) electrons. The van der Waals surface area contributed by atoms with Crippen LogP contribution in [0.4, 0.5) is 11.4 Å². The Morgan fingerprint density at radius 3 is 2.61 bits per heavy atom. The van der Waals surface area contributed by atoms with E-state index in [0.717, 1.165) is 0 Å². The van der Waals surface area contributed by atoms with Crippen molar-refractivity contribution in [2.75, 3.05) is 5.32 Å². The molecule has 0 fully saturated rings. The summed E-state index contributed by atoms with van der Waals surface area (Å²) in [5, 5.41) is 3.67. The molecule has 122 valence electrons. The third-order valence-electron chi connectivity index (χ3n) is 4.92. The molecule has 0 spiro atoms. The van der Waals surface area contributed by atoms with E-state index in [1.54, 1.807) is 0 Å². The van der Waals surface area contributed by atoms with Crippen LogP contribution in [0.1, 0.15) is 63.0 Å². The van der Waals surface area contributed by atoms with Crippen molar-refractivity contribution in [1.29, 1.82) is 0 Å². The van der Waals surface area contributed by atoms with Crippen LogP contribution in [0.5, 0.6) is 0 Å². The van der Waals surface area contributed by atoms with Gasteiger partial charge in [0.05, 0.1) is 11.4 Å². The fourth-order valence-electron chi connectivity index (χ4n) is 3.52. The minimum atomic E-state index is 0.691. The van der Waals surface area contributed by atoms with E-state index in [1.165, 1.54) is 64.4 Å². The van der Waals surface area contributed by atoms with E-state index in [4.69, 9.17) is 0 Å². The summed E-state index contributed by atoms with van der Waals surface area (Å²) in [6.45, 7) is 6.90. The second-order valence-corrected chi connectivity index (χ2v) is 7.56. The summed E-state index contributed by atoms with van der Waals surface area (Å²) >= 11 is 1.88. The molecule has 1 atom stereocenters. The molecule has 1 N–H and O–H groups in total. The topological polar surface area (TPSA) is 12.0 Å². The maximum Gasteiger partial charge on any atom is 0.0558 e. The van der Waals surface area contributed by atoms with Crippen molar-refractivity contribution < 1.29 is 0 Å². The second-order valence-electron chi connectivity index (χ2n) is 6.48. The van der Waals surface area contributed by atoms with Gasteiger partial charge in [0.15, 0.2) is 0 Å². The van der Waals surface area contributed by atoms with Gasteiger partial charge in [0, 0.05) is 9.79 Å². The van der Waals surface area contributed by atoms with E-state index < -0.39 is 0 Å². The van der Waals surface area contributed by atoms with Crippen LogP contribution < -0.4 is 5.32 Å². The summed E-state index contributed by atoms with van der Waals surface area (Å²) < 4.78 is 0. The molecule has 0 aliphatic carbocycles. The molecular formula is C21H27NS. The first-order chi connectivity index (χ1) is 11.2. The molecular weight excluding hydrogens is 298 g/mol. The molecule has 3 rings (SSSR count). The van der Waals surface area contributed by atoms with Gasteiger partial charge >= 0.3 is 0 Å². The highest BCUT2D eigenvalue weighted by Crippen LogP contribution is 2.47. The third-order valence-corrected chi connectivity index (χ3v) is 6.06. The van der Waals surface area contributed by atoms with Crippen LogP contribution in [0, 0.1) is 6.92 Å². The highest BCUT2D eigenvalue weighted by Gasteiger charge is 2.21. The van der Waals surface area contributed by atoms with Crippen molar-refractivity contribution in [1.82, 2.24) is 0 Å². The first-order valence-corrected chi connectivity index (χ1v) is 9.73. The number of anilines is 2. The minimum Gasteiger partial charge on any atom is -0.353 e. The predicted octanol–water partition coefficient (Wildman–Crippen LogP) is 7.28. The lowest BCUT2D eigenvalue weighted by molar-refractivity contribution is 0.551. The number of hydrogen-bond acceptors (Lipinski definition) is 2. The molecule has 2 heteroatoms. The van der Waals surface area contributed by atoms with E-state index in [1.807, 2.05) is 11.8 Å². The fraction of sp³-hybridized carbons (Fsp3) is 0.429. The van der Waals surface area contributed by atoms with Gasteiger partial charge in [-0.05, 0) is 55.0 Å². The highest BCUT2D eigenvalue weighted by molar-refractivity contribution is 7.99. The van der Waals surface area contributed by atoms with E-state index >= 15 is 0 Å². The van der Waals surface area contributed by atoms with Gasteiger partial charge in [-0.25, -0.2) is 0 Å². The Bertz CT molecular complexity index is 678. The van der Waals surface area contributed by atoms with Gasteiger partial charge < -0.3 is 5.32 Å². The predicted molar refractivity (Wildman–Crippen MR) is 102 cm³/mol. The Hall–Kier alpha value is -1.41. The van der Waals surface area contributed by atoms with Crippen LogP contribution in [0.15, 0.2) is 46.2 Å². The molecule has 1 unspecified atom stereocenters. The molecule has 0 bridgehead atoms. The second kappa shape index (κ2) is 7.44. The Balaban J connectivity index is 1.88. The minimum absolute atomic E-state index is 0.691. The molecule has 1 nitrogen and oxygen atoms in total. The molecule has 2 aromatic carbocycles. The van der Waals surface area contributed by atoms with Crippen LogP contribution in [0.3, 0.4) is 0 Å². The smallest absolute Gasteiger partial charge is 0.0558 e. The normalized spacial score (nSPS) is 13.9. The van der Waals surface area contributed by atoms with Crippen LogP contribution >= 0.6 is 11.8 Å². The lowest BCUT2D eigenvalue weighted by Crippen LogP contribution is -2.07. The number of rotatable bonds is 6. The van der Waals surface area contributed by atoms with Crippen LogP contribution in [0.25, 0.3) is 0 Å². The van der Waals surface area contributed by atoms with Gasteiger partial charge in [-0.15, -0.1) is 0 Å². The van der Waals surface area contributed by atoms with Gasteiger partial charge in [-0.3, -0.25) is 0 Å². The number of nitrogens with one attached hydrogen (secondary N) is 1. The molecule has 23 heavy (non-hydrogen) atoms. The number of para-hydroxylation sites is 1. The Kier molecular flexibility index (Phi) is 5.32. The van der Waals surface area contributed by atoms with Gasteiger partial charge in [-0.1, -0.05) is 63.1 Å². The van der Waals surface area contributed by atoms with Crippen molar-refractivity contribution in [3.05, 3.63) is 47.5 Å². The lowest BCUT2D eigenvalue weighted by atomic mass is 9.87. The lowest BCUT2D eigenvalue weighted by Gasteiger charge is -2.26. The van der Waals surface area contributed by atoms with Crippen molar-refractivity contribution in [2.24, 2.45) is 0 Å². The summed E-state index contributed by atoms with van der Waals surface area (Å²) in [6.07, 6.45) is 6.54. The van der Waals surface area contributed by atoms with Gasteiger partial charge in [0.1, 0.15) is 0 Å². The van der Waals surface area contributed by atoms with Crippen LogP contribution in [-0.4, -0.2) is 0 Å². The molecule has 1 aliphatic heterocycles. The van der Waals surface area contributed by atoms with Crippen molar-refractivity contribution in [3.63, 3.8) is 0 Å². The van der Waals surface area contributed by atoms with Crippen molar-refractivity contribution in [3.8, 4) is 0 Å². The summed E-state index contributed by atoms with van der Waals surface area (Å²) in [5.74, 6) is 0.691. The van der Waals surface area contributed by atoms with E-state index in [2.05, 4.69) is 62.5 Å². The van der Waals surface area contributed by atoms with Crippen molar-refractivity contribution >= 4 is 23.1 Å². The molecule has 1 heterocycles. The maximum absolute atomic E-state index is 3.67. The zero-order valence-corrected chi connectivity index (χ0v) is 15.3. The summed E-state index contributed by atoms with van der Waals surface area (Å²) in [5.41, 5.74) is 5.53. The zero-order valence-electron chi connectivity index (χ0n) is 14.5. The zero-order chi connectivity index (χ0) is 16.2. The van der Waals surface area contributed by atoms with E-state index in [-0.39, 0.29) is 0 Å². The van der Waals surface area contributed by atoms with E-state index in [9.17, 15) is 0 Å². The molecule has 0 aromatic heterocycles. The Morgan fingerprint density at radius 1 is 1.00 bits per heavy atom. The van der Waals surface area contributed by atoms with E-state index in [0.29, 0.717) is 5.92 Å². The highest BCUT2D eigenvalue weighted by atomic mass is 32.2. The summed E-state index contributed by atoms with van der Waals surface area (Å²) in [7, 11) is 0. The van der Waals surface area contributed by atoms with Gasteiger partial charge in [0.2, 0.25) is 0 Å². The van der Waals surface area contributed by atoms with Gasteiger partial charge in [0.25, 0.3) is 0 Å². The summed E-state index contributed by atoms with van der Waals surface area (Å²) in [4.78, 5) is 2.68. The number of fused-ring (bicyclic) bond motifs is 2. The molecule has 0 saturated heterocycles. The standard InChI is InChI=1S/C21H27NS/c1-4-6-7-10-16(5-2)17-13-14-20-21(15(17)3)22-18-11-8-9-12-19(18)23-20/h8-9,11-14,16,22H,4-7,10H2,1-3H3. The Labute approximate surface area is 144 Å². The quantitative estimate of drug-likeness (QED) is 0.478. The van der Waals surface area contributed by atoms with Crippen molar-refractivity contribution in [2.45, 2.75) is 68.6 Å².